The van der Waals surface area contributed by atoms with Crippen LogP contribution in [0.2, 0.25) is 0 Å². The Morgan fingerprint density at radius 3 is 2.56 bits per heavy atom. The molecule has 0 bridgehead atoms. The summed E-state index contributed by atoms with van der Waals surface area (Å²) in [6, 6.07) is 0. The molecule has 2 aliphatic heterocycles. The Balaban J connectivity index is 1.51. The number of likely N-dealkylation sites (tertiary alicyclic amines) is 1. The molecule has 6 nitrogen and oxygen atoms in total. The summed E-state index contributed by atoms with van der Waals surface area (Å²) in [6.07, 6.45) is 5.64. The summed E-state index contributed by atoms with van der Waals surface area (Å²) in [5.74, 6) is 3.11. The zero-order chi connectivity index (χ0) is 18.8. The van der Waals surface area contributed by atoms with Gasteiger partial charge in [0, 0.05) is 44.1 Å². The van der Waals surface area contributed by atoms with Crippen molar-refractivity contribution >= 4 is 11.8 Å². The fraction of sp³-hybridized carbons (Fsp3) is 0.810. The average Bonchev–Trinajstić information content (AvgIpc) is 3.20. The highest BCUT2D eigenvalue weighted by Crippen LogP contribution is 2.50. The lowest BCUT2D eigenvalue weighted by Gasteiger charge is -2.39. The van der Waals surface area contributed by atoms with Crippen molar-refractivity contribution in [2.75, 3.05) is 56.6 Å². The molecule has 3 fully saturated rings. The van der Waals surface area contributed by atoms with Crippen LogP contribution < -0.4 is 9.80 Å². The lowest BCUT2D eigenvalue weighted by molar-refractivity contribution is -0.00398. The Hall–Kier alpha value is -1.40. The molecule has 1 aromatic heterocycles. The zero-order valence-electron chi connectivity index (χ0n) is 17.0. The average molecular weight is 372 g/mol. The summed E-state index contributed by atoms with van der Waals surface area (Å²) in [6.45, 7) is 7.80. The lowest BCUT2D eigenvalue weighted by atomic mass is 9.74. The van der Waals surface area contributed by atoms with Crippen molar-refractivity contribution < 1.29 is 5.11 Å². The number of aromatic nitrogens is 2. The number of hydrogen-bond donors (Lipinski definition) is 1. The molecule has 3 heterocycles. The van der Waals surface area contributed by atoms with Gasteiger partial charge in [0.15, 0.2) is 0 Å². The van der Waals surface area contributed by atoms with Crippen molar-refractivity contribution in [3.05, 3.63) is 11.3 Å². The number of aliphatic hydroxyl groups is 1. The van der Waals surface area contributed by atoms with Crippen molar-refractivity contribution in [1.82, 2.24) is 14.9 Å². The highest BCUT2D eigenvalue weighted by Gasteiger charge is 2.49. The van der Waals surface area contributed by atoms with Crippen LogP contribution in [0.1, 0.15) is 43.9 Å². The highest BCUT2D eigenvalue weighted by atomic mass is 16.3. The number of hydrogen-bond acceptors (Lipinski definition) is 6. The number of aliphatic hydroxyl groups excluding tert-OH is 1. The Kier molecular flexibility index (Phi) is 4.13. The predicted molar refractivity (Wildman–Crippen MR) is 108 cm³/mol. The van der Waals surface area contributed by atoms with Crippen molar-refractivity contribution in [2.45, 2.75) is 50.5 Å². The van der Waals surface area contributed by atoms with Crippen molar-refractivity contribution in [3.8, 4) is 0 Å². The second-order valence-corrected chi connectivity index (χ2v) is 9.42. The van der Waals surface area contributed by atoms with E-state index in [4.69, 9.17) is 9.97 Å². The molecule has 27 heavy (non-hydrogen) atoms. The van der Waals surface area contributed by atoms with E-state index in [1.54, 1.807) is 0 Å². The van der Waals surface area contributed by atoms with Gasteiger partial charge in [0.2, 0.25) is 5.95 Å². The van der Waals surface area contributed by atoms with E-state index >= 15 is 0 Å². The van der Waals surface area contributed by atoms with Crippen LogP contribution in [0.5, 0.6) is 0 Å². The van der Waals surface area contributed by atoms with E-state index in [9.17, 15) is 5.11 Å². The minimum absolute atomic E-state index is 0.104. The third-order valence-electron chi connectivity index (χ3n) is 7.82. The molecule has 1 aromatic rings. The van der Waals surface area contributed by atoms with Gasteiger partial charge in [0.1, 0.15) is 5.82 Å². The summed E-state index contributed by atoms with van der Waals surface area (Å²) >= 11 is 0. The number of nitrogens with zero attached hydrogens (tertiary/aromatic N) is 5. The Morgan fingerprint density at radius 2 is 1.93 bits per heavy atom. The standard InChI is InChI=1S/C21H33N5O/c1-4-25-9-7-21(8-10-25)6-5-15-18(21)22-20(24(2)3)23-19(15)26-12-14-11-17(27)16(14)13-26/h14,16-17,27H,4-13H2,1-3H3/t14-,16+,17-/m0/s1. The Labute approximate surface area is 162 Å². The summed E-state index contributed by atoms with van der Waals surface area (Å²) in [5, 5.41) is 10.1. The minimum Gasteiger partial charge on any atom is -0.393 e. The highest BCUT2D eigenvalue weighted by molar-refractivity contribution is 5.58. The maximum Gasteiger partial charge on any atom is 0.227 e. The first kappa shape index (κ1) is 17.7. The summed E-state index contributed by atoms with van der Waals surface area (Å²) in [7, 11) is 4.09. The van der Waals surface area contributed by atoms with Crippen LogP contribution in [-0.2, 0) is 11.8 Å². The molecule has 0 amide bonds. The van der Waals surface area contributed by atoms with Crippen LogP contribution in [-0.4, -0.2) is 72.9 Å². The molecule has 2 aliphatic carbocycles. The molecular formula is C21H33N5O. The van der Waals surface area contributed by atoms with Crippen molar-refractivity contribution in [2.24, 2.45) is 11.8 Å². The number of fused-ring (bicyclic) bond motifs is 3. The molecule has 0 radical (unpaired) electrons. The normalized spacial score (nSPS) is 31.7. The number of piperidine rings is 1. The SMILES string of the molecule is CCN1CCC2(CCc3c(N4C[C@@H]5C[C@H](O)[C@@H]5C4)nc(N(C)C)nc32)CC1. The maximum atomic E-state index is 10.1. The van der Waals surface area contributed by atoms with Gasteiger partial charge in [-0.25, -0.2) is 4.98 Å². The van der Waals surface area contributed by atoms with E-state index in [1.165, 1.54) is 49.4 Å². The van der Waals surface area contributed by atoms with Gasteiger partial charge in [-0.1, -0.05) is 6.92 Å². The second-order valence-electron chi connectivity index (χ2n) is 9.42. The summed E-state index contributed by atoms with van der Waals surface area (Å²) in [4.78, 5) is 17.2. The third-order valence-corrected chi connectivity index (χ3v) is 7.82. The largest absolute Gasteiger partial charge is 0.393 e. The van der Waals surface area contributed by atoms with Crippen LogP contribution in [0.4, 0.5) is 11.8 Å². The predicted octanol–water partition coefficient (Wildman–Crippen LogP) is 1.66. The molecule has 148 valence electrons. The maximum absolute atomic E-state index is 10.1. The Bertz CT molecular complexity index is 728. The molecule has 2 saturated heterocycles. The van der Waals surface area contributed by atoms with Crippen LogP contribution in [0.25, 0.3) is 0 Å². The molecule has 1 saturated carbocycles. The molecule has 6 heteroatoms. The van der Waals surface area contributed by atoms with Gasteiger partial charge in [-0.3, -0.25) is 0 Å². The second kappa shape index (κ2) is 6.31. The molecule has 1 spiro atoms. The van der Waals surface area contributed by atoms with E-state index in [0.717, 1.165) is 38.4 Å². The smallest absolute Gasteiger partial charge is 0.227 e. The third kappa shape index (κ3) is 2.67. The fourth-order valence-electron chi connectivity index (χ4n) is 5.90. The minimum atomic E-state index is -0.104. The first-order valence-corrected chi connectivity index (χ1v) is 10.7. The van der Waals surface area contributed by atoms with Gasteiger partial charge in [-0.2, -0.15) is 4.98 Å². The topological polar surface area (TPSA) is 55.7 Å². The first-order valence-electron chi connectivity index (χ1n) is 10.7. The molecule has 3 atom stereocenters. The quantitative estimate of drug-likeness (QED) is 0.872. The van der Waals surface area contributed by atoms with E-state index in [1.807, 2.05) is 14.1 Å². The van der Waals surface area contributed by atoms with Crippen LogP contribution in [0, 0.1) is 11.8 Å². The molecule has 0 unspecified atom stereocenters. The van der Waals surface area contributed by atoms with Gasteiger partial charge >= 0.3 is 0 Å². The molecular weight excluding hydrogens is 338 g/mol. The van der Waals surface area contributed by atoms with E-state index in [2.05, 4.69) is 21.6 Å². The number of rotatable bonds is 3. The van der Waals surface area contributed by atoms with Gasteiger partial charge in [0.25, 0.3) is 0 Å². The lowest BCUT2D eigenvalue weighted by Crippen LogP contribution is -2.42. The summed E-state index contributed by atoms with van der Waals surface area (Å²) < 4.78 is 0. The first-order chi connectivity index (χ1) is 13.0. The van der Waals surface area contributed by atoms with Gasteiger partial charge < -0.3 is 19.8 Å². The van der Waals surface area contributed by atoms with Gasteiger partial charge in [-0.05, 0) is 57.7 Å². The van der Waals surface area contributed by atoms with Crippen LogP contribution >= 0.6 is 0 Å². The molecule has 4 aliphatic rings. The molecule has 0 aromatic carbocycles. The monoisotopic (exact) mass is 371 g/mol. The molecule has 1 N–H and O–H groups in total. The van der Waals surface area contributed by atoms with E-state index in [-0.39, 0.29) is 11.5 Å². The Morgan fingerprint density at radius 1 is 1.15 bits per heavy atom. The van der Waals surface area contributed by atoms with Crippen molar-refractivity contribution in [3.63, 3.8) is 0 Å². The van der Waals surface area contributed by atoms with Crippen LogP contribution in [0.3, 0.4) is 0 Å². The number of anilines is 2. The van der Waals surface area contributed by atoms with Crippen molar-refractivity contribution in [1.29, 1.82) is 0 Å². The van der Waals surface area contributed by atoms with E-state index < -0.39 is 0 Å². The van der Waals surface area contributed by atoms with Crippen LogP contribution in [0.15, 0.2) is 0 Å². The van der Waals surface area contributed by atoms with Gasteiger partial charge in [0.05, 0.1) is 11.8 Å². The van der Waals surface area contributed by atoms with Gasteiger partial charge in [-0.15, -0.1) is 0 Å². The zero-order valence-corrected chi connectivity index (χ0v) is 17.0. The summed E-state index contributed by atoms with van der Waals surface area (Å²) in [5.41, 5.74) is 3.00. The fourth-order valence-corrected chi connectivity index (χ4v) is 5.90. The molecule has 5 rings (SSSR count). The van der Waals surface area contributed by atoms with E-state index in [0.29, 0.717) is 11.8 Å².